The molecule has 2 saturated heterocycles. The summed E-state index contributed by atoms with van der Waals surface area (Å²) in [5.74, 6) is -0.687. The molecule has 0 unspecified atom stereocenters. The van der Waals surface area contributed by atoms with Crippen molar-refractivity contribution in [1.29, 1.82) is 0 Å². The molecule has 16 heavy (non-hydrogen) atoms. The van der Waals surface area contributed by atoms with Crippen molar-refractivity contribution in [2.75, 3.05) is 0 Å². The molecule has 2 heterocycles. The predicted octanol–water partition coefficient (Wildman–Crippen LogP) is 0.347. The number of fused-ring (bicyclic) bond motifs is 3. The van der Waals surface area contributed by atoms with Gasteiger partial charge in [0.1, 0.15) is 17.5 Å². The van der Waals surface area contributed by atoms with E-state index in [0.29, 0.717) is 12.8 Å². The van der Waals surface area contributed by atoms with Crippen LogP contribution in [0.5, 0.6) is 0 Å². The van der Waals surface area contributed by atoms with E-state index in [4.69, 9.17) is 14.2 Å². The van der Waals surface area contributed by atoms with Crippen molar-refractivity contribution >= 4 is 5.78 Å². The number of ketones is 1. The second-order valence-corrected chi connectivity index (χ2v) is 5.29. The van der Waals surface area contributed by atoms with Crippen LogP contribution in [0.4, 0.5) is 0 Å². The molecule has 3 rings (SSSR count). The molecule has 5 heteroatoms. The lowest BCUT2D eigenvalue weighted by atomic mass is 9.79. The molecule has 4 atom stereocenters. The van der Waals surface area contributed by atoms with Gasteiger partial charge in [-0.15, -0.1) is 0 Å². The highest BCUT2D eigenvalue weighted by Gasteiger charge is 2.64. The first-order valence-corrected chi connectivity index (χ1v) is 5.66. The van der Waals surface area contributed by atoms with Crippen LogP contribution in [-0.2, 0) is 19.0 Å². The van der Waals surface area contributed by atoms with E-state index in [9.17, 15) is 9.90 Å². The van der Waals surface area contributed by atoms with Gasteiger partial charge in [-0.3, -0.25) is 4.79 Å². The van der Waals surface area contributed by atoms with E-state index in [-0.39, 0.29) is 18.3 Å². The van der Waals surface area contributed by atoms with Crippen molar-refractivity contribution < 1.29 is 24.1 Å². The highest BCUT2D eigenvalue weighted by Crippen LogP contribution is 2.47. The Morgan fingerprint density at radius 1 is 1.38 bits per heavy atom. The monoisotopic (exact) mass is 228 g/mol. The van der Waals surface area contributed by atoms with Crippen LogP contribution < -0.4 is 0 Å². The second kappa shape index (κ2) is 3.04. The molecule has 1 aliphatic carbocycles. The zero-order chi connectivity index (χ0) is 11.6. The zero-order valence-corrected chi connectivity index (χ0v) is 9.43. The Morgan fingerprint density at radius 3 is 2.88 bits per heavy atom. The van der Waals surface area contributed by atoms with Crippen molar-refractivity contribution in [3.8, 4) is 0 Å². The normalized spacial score (nSPS) is 50.2. The smallest absolute Gasteiger partial charge is 0.190 e. The minimum absolute atomic E-state index is 0.0660. The molecule has 90 valence electrons. The molecule has 2 aliphatic heterocycles. The average molecular weight is 228 g/mol. The summed E-state index contributed by atoms with van der Waals surface area (Å²) in [6, 6.07) is 0. The number of carbonyl (C=O) groups excluding carboxylic acids is 1. The van der Waals surface area contributed by atoms with Gasteiger partial charge in [-0.05, 0) is 20.3 Å². The Hall–Kier alpha value is -0.490. The van der Waals surface area contributed by atoms with Gasteiger partial charge in [0.05, 0.1) is 6.10 Å². The first kappa shape index (κ1) is 10.7. The minimum Gasteiger partial charge on any atom is -0.384 e. The topological polar surface area (TPSA) is 65.0 Å². The first-order chi connectivity index (χ1) is 7.41. The molecule has 0 bridgehead atoms. The Balaban J connectivity index is 1.89. The zero-order valence-electron chi connectivity index (χ0n) is 9.43. The van der Waals surface area contributed by atoms with Crippen LogP contribution in [0.2, 0.25) is 0 Å². The molecule has 1 saturated carbocycles. The molecule has 5 nitrogen and oxygen atoms in total. The maximum Gasteiger partial charge on any atom is 0.190 e. The number of aliphatic hydroxyl groups is 1. The van der Waals surface area contributed by atoms with Crippen LogP contribution in [0.1, 0.15) is 33.1 Å². The van der Waals surface area contributed by atoms with Crippen LogP contribution in [0, 0.1) is 0 Å². The third kappa shape index (κ3) is 1.35. The first-order valence-electron chi connectivity index (χ1n) is 5.66. The van der Waals surface area contributed by atoms with Gasteiger partial charge in [-0.1, -0.05) is 0 Å². The van der Waals surface area contributed by atoms with Gasteiger partial charge in [0.15, 0.2) is 12.1 Å². The van der Waals surface area contributed by atoms with Gasteiger partial charge in [-0.2, -0.15) is 0 Å². The lowest BCUT2D eigenvalue weighted by Crippen LogP contribution is -2.52. The number of Topliss-reactive ketones (excluding diaryl/α,β-unsaturated/α-hetero) is 1. The van der Waals surface area contributed by atoms with E-state index in [1.165, 1.54) is 0 Å². The second-order valence-electron chi connectivity index (χ2n) is 5.29. The predicted molar refractivity (Wildman–Crippen MR) is 52.5 cm³/mol. The standard InChI is InChI=1S/C11H16O5/c1-10(2)15-8-9(16-10)14-7-4-3-6(12)5-11(7,8)13/h7-9,13H,3-5H2,1-2H3/t7-,8-,9+,11+/m0/s1. The summed E-state index contributed by atoms with van der Waals surface area (Å²) in [6.07, 6.45) is -0.298. The van der Waals surface area contributed by atoms with Crippen LogP contribution in [0.3, 0.4) is 0 Å². The molecular weight excluding hydrogens is 212 g/mol. The van der Waals surface area contributed by atoms with E-state index in [1.54, 1.807) is 13.8 Å². The Kier molecular flexibility index (Phi) is 2.02. The number of hydrogen-bond donors (Lipinski definition) is 1. The molecule has 0 aromatic rings. The molecular formula is C11H16O5. The highest BCUT2D eigenvalue weighted by molar-refractivity contribution is 5.81. The SMILES string of the molecule is CC1(C)O[C@H]2O[C@H]3CCC(=O)C[C@]3(O)[C@H]2O1. The summed E-state index contributed by atoms with van der Waals surface area (Å²) < 4.78 is 16.8. The summed E-state index contributed by atoms with van der Waals surface area (Å²) >= 11 is 0. The van der Waals surface area contributed by atoms with Crippen molar-refractivity contribution in [1.82, 2.24) is 0 Å². The number of ether oxygens (including phenoxy) is 3. The van der Waals surface area contributed by atoms with Crippen molar-refractivity contribution in [3.63, 3.8) is 0 Å². The maximum absolute atomic E-state index is 11.4. The maximum atomic E-state index is 11.4. The van der Waals surface area contributed by atoms with E-state index in [1.807, 2.05) is 0 Å². The van der Waals surface area contributed by atoms with Gasteiger partial charge in [0.2, 0.25) is 0 Å². The van der Waals surface area contributed by atoms with Crippen LogP contribution in [-0.4, -0.2) is 40.8 Å². The van der Waals surface area contributed by atoms with Crippen molar-refractivity contribution in [3.05, 3.63) is 0 Å². The molecule has 0 amide bonds. The van der Waals surface area contributed by atoms with Gasteiger partial charge in [-0.25, -0.2) is 0 Å². The lowest BCUT2D eigenvalue weighted by Gasteiger charge is -2.36. The molecule has 0 radical (unpaired) electrons. The molecule has 1 N–H and O–H groups in total. The molecule has 3 aliphatic rings. The van der Waals surface area contributed by atoms with E-state index in [2.05, 4.69) is 0 Å². The van der Waals surface area contributed by atoms with E-state index in [0.717, 1.165) is 0 Å². The number of hydrogen-bond acceptors (Lipinski definition) is 5. The molecule has 0 aromatic heterocycles. The fraction of sp³-hybridized carbons (Fsp3) is 0.909. The third-order valence-electron chi connectivity index (χ3n) is 3.57. The van der Waals surface area contributed by atoms with Crippen LogP contribution in [0.25, 0.3) is 0 Å². The number of rotatable bonds is 0. The summed E-state index contributed by atoms with van der Waals surface area (Å²) in [6.45, 7) is 3.55. The Labute approximate surface area is 93.7 Å². The molecule has 0 spiro atoms. The summed E-state index contributed by atoms with van der Waals surface area (Å²) in [4.78, 5) is 11.4. The summed E-state index contributed by atoms with van der Waals surface area (Å²) in [5.41, 5.74) is -1.20. The van der Waals surface area contributed by atoms with Gasteiger partial charge < -0.3 is 19.3 Å². The Morgan fingerprint density at radius 2 is 2.12 bits per heavy atom. The lowest BCUT2D eigenvalue weighted by molar-refractivity contribution is -0.233. The Bertz CT molecular complexity index is 339. The summed E-state index contributed by atoms with van der Waals surface area (Å²) in [5, 5.41) is 10.5. The fourth-order valence-electron chi connectivity index (χ4n) is 2.86. The van der Waals surface area contributed by atoms with E-state index < -0.39 is 23.8 Å². The van der Waals surface area contributed by atoms with Crippen molar-refractivity contribution in [2.45, 2.75) is 63.0 Å². The number of carbonyl (C=O) groups is 1. The fourth-order valence-corrected chi connectivity index (χ4v) is 2.86. The molecule has 0 aromatic carbocycles. The summed E-state index contributed by atoms with van der Waals surface area (Å²) in [7, 11) is 0. The third-order valence-corrected chi connectivity index (χ3v) is 3.57. The van der Waals surface area contributed by atoms with Crippen molar-refractivity contribution in [2.24, 2.45) is 0 Å². The van der Waals surface area contributed by atoms with Gasteiger partial charge >= 0.3 is 0 Å². The van der Waals surface area contributed by atoms with Gasteiger partial charge in [0.25, 0.3) is 0 Å². The quantitative estimate of drug-likeness (QED) is 0.648. The van der Waals surface area contributed by atoms with Crippen LogP contribution >= 0.6 is 0 Å². The van der Waals surface area contributed by atoms with Crippen LogP contribution in [0.15, 0.2) is 0 Å². The van der Waals surface area contributed by atoms with E-state index >= 15 is 0 Å². The minimum atomic E-state index is -1.20. The largest absolute Gasteiger partial charge is 0.384 e. The average Bonchev–Trinajstić information content (AvgIpc) is 2.57. The van der Waals surface area contributed by atoms with Gasteiger partial charge in [0, 0.05) is 12.8 Å². The highest BCUT2D eigenvalue weighted by atomic mass is 16.8. The molecule has 3 fully saturated rings.